The lowest BCUT2D eigenvalue weighted by Crippen LogP contribution is -2.07. The molecule has 2 aromatic rings. The van der Waals surface area contributed by atoms with E-state index in [0.29, 0.717) is 15.0 Å². The summed E-state index contributed by atoms with van der Waals surface area (Å²) in [4.78, 5) is 18.3. The average molecular weight is 288 g/mol. The summed E-state index contributed by atoms with van der Waals surface area (Å²) in [5.74, 6) is 0. The minimum Gasteiger partial charge on any atom is -0.327 e. The van der Waals surface area contributed by atoms with Gasteiger partial charge in [0, 0.05) is 17.3 Å². The Kier molecular flexibility index (Phi) is 2.80. The summed E-state index contributed by atoms with van der Waals surface area (Å²) in [7, 11) is 0. The van der Waals surface area contributed by atoms with Gasteiger partial charge in [-0.1, -0.05) is 18.5 Å². The zero-order valence-electron chi connectivity index (χ0n) is 7.97. The Bertz CT molecular complexity index is 579. The van der Waals surface area contributed by atoms with Gasteiger partial charge in [0.2, 0.25) is 0 Å². The van der Waals surface area contributed by atoms with Crippen molar-refractivity contribution < 1.29 is 0 Å². The average Bonchev–Trinajstić information content (AvgIpc) is 2.23. The van der Waals surface area contributed by atoms with Crippen molar-refractivity contribution in [3.05, 3.63) is 37.8 Å². The van der Waals surface area contributed by atoms with Gasteiger partial charge in [0.15, 0.2) is 0 Å². The Hall–Kier alpha value is -0.870. The van der Waals surface area contributed by atoms with E-state index in [1.165, 1.54) is 0 Å². The zero-order chi connectivity index (χ0) is 11.0. The van der Waals surface area contributed by atoms with Gasteiger partial charge in [-0.05, 0) is 28.4 Å². The summed E-state index contributed by atoms with van der Waals surface area (Å²) in [5.41, 5.74) is 1.29. The Labute approximate surface area is 99.6 Å². The number of nitrogens with zero attached hydrogens (tertiary/aromatic N) is 1. The number of pyridine rings is 2. The number of hydrogen-bond acceptors (Lipinski definition) is 2. The Morgan fingerprint density at radius 2 is 2.33 bits per heavy atom. The van der Waals surface area contributed by atoms with Gasteiger partial charge in [-0.25, -0.2) is 0 Å². The summed E-state index contributed by atoms with van der Waals surface area (Å²) < 4.78 is 0.428. The fourth-order valence-corrected chi connectivity index (χ4v) is 2.05. The fraction of sp³-hybridized carbons (Fsp3) is 0.200. The molecule has 1 N–H and O–H groups in total. The van der Waals surface area contributed by atoms with E-state index in [2.05, 4.69) is 25.9 Å². The molecule has 78 valence electrons. The predicted octanol–water partition coefficient (Wildman–Crippen LogP) is 2.90. The molecule has 0 unspecified atom stereocenters. The summed E-state index contributed by atoms with van der Waals surface area (Å²) in [6, 6.07) is 1.81. The molecule has 0 aromatic carbocycles. The van der Waals surface area contributed by atoms with Crippen molar-refractivity contribution in [3.8, 4) is 0 Å². The normalized spacial score (nSPS) is 10.9. The lowest BCUT2D eigenvalue weighted by atomic mass is 10.2. The Morgan fingerprint density at radius 1 is 1.60 bits per heavy atom. The number of nitrogens with one attached hydrogen (secondary N) is 1. The molecule has 15 heavy (non-hydrogen) atoms. The van der Waals surface area contributed by atoms with Crippen LogP contribution in [-0.4, -0.2) is 9.97 Å². The molecule has 0 aliphatic rings. The molecule has 0 radical (unpaired) electrons. The highest BCUT2D eigenvalue weighted by Gasteiger charge is 2.08. The standard InChI is InChI=1S/C10H8BrClN2O/c1-2-5-3-7(12)6-4-13-10(15)8(11)9(6)14-5/h3-4H,2H2,1H3,(H,13,15). The summed E-state index contributed by atoms with van der Waals surface area (Å²) in [5, 5.41) is 1.36. The van der Waals surface area contributed by atoms with Gasteiger partial charge in [-0.15, -0.1) is 0 Å². The van der Waals surface area contributed by atoms with Gasteiger partial charge in [0.25, 0.3) is 5.56 Å². The first-order valence-electron chi connectivity index (χ1n) is 4.49. The second kappa shape index (κ2) is 3.94. The number of halogens is 2. The molecule has 0 amide bonds. The van der Waals surface area contributed by atoms with Crippen LogP contribution in [-0.2, 0) is 6.42 Å². The van der Waals surface area contributed by atoms with Crippen LogP contribution >= 0.6 is 27.5 Å². The maximum Gasteiger partial charge on any atom is 0.264 e. The van der Waals surface area contributed by atoms with Crippen LogP contribution in [0.5, 0.6) is 0 Å². The molecule has 2 aromatic heterocycles. The Morgan fingerprint density at radius 3 is 3.00 bits per heavy atom. The van der Waals surface area contributed by atoms with Gasteiger partial charge >= 0.3 is 0 Å². The van der Waals surface area contributed by atoms with Gasteiger partial charge in [-0.2, -0.15) is 0 Å². The van der Waals surface area contributed by atoms with E-state index in [9.17, 15) is 4.79 Å². The van der Waals surface area contributed by atoms with E-state index in [4.69, 9.17) is 11.6 Å². The van der Waals surface area contributed by atoms with E-state index in [1.54, 1.807) is 6.20 Å². The van der Waals surface area contributed by atoms with E-state index >= 15 is 0 Å². The van der Waals surface area contributed by atoms with Crippen molar-refractivity contribution in [2.75, 3.05) is 0 Å². The maximum absolute atomic E-state index is 11.4. The van der Waals surface area contributed by atoms with E-state index in [0.717, 1.165) is 17.5 Å². The third-order valence-electron chi connectivity index (χ3n) is 2.18. The van der Waals surface area contributed by atoms with E-state index in [1.807, 2.05) is 13.0 Å². The first kappa shape index (κ1) is 10.6. The van der Waals surface area contributed by atoms with Crippen molar-refractivity contribution in [2.24, 2.45) is 0 Å². The number of aromatic nitrogens is 2. The molecule has 0 spiro atoms. The second-order valence-electron chi connectivity index (χ2n) is 3.14. The Balaban J connectivity index is 2.92. The number of hydrogen-bond donors (Lipinski definition) is 1. The van der Waals surface area contributed by atoms with Crippen LogP contribution in [0.1, 0.15) is 12.6 Å². The number of fused-ring (bicyclic) bond motifs is 1. The van der Waals surface area contributed by atoms with Crippen LogP contribution < -0.4 is 5.56 Å². The van der Waals surface area contributed by atoms with Crippen molar-refractivity contribution in [3.63, 3.8) is 0 Å². The lowest BCUT2D eigenvalue weighted by Gasteiger charge is -2.04. The molecule has 0 fully saturated rings. The third-order valence-corrected chi connectivity index (χ3v) is 3.23. The number of H-pyrrole nitrogens is 1. The molecule has 3 nitrogen and oxygen atoms in total. The first-order valence-corrected chi connectivity index (χ1v) is 5.67. The van der Waals surface area contributed by atoms with E-state index < -0.39 is 0 Å². The van der Waals surface area contributed by atoms with Gasteiger partial charge in [0.1, 0.15) is 4.47 Å². The minimum absolute atomic E-state index is 0.195. The first-order chi connectivity index (χ1) is 7.13. The topological polar surface area (TPSA) is 45.8 Å². The summed E-state index contributed by atoms with van der Waals surface area (Å²) in [6.45, 7) is 1.99. The van der Waals surface area contributed by atoms with Crippen molar-refractivity contribution in [1.29, 1.82) is 0 Å². The SMILES string of the molecule is CCc1cc(Cl)c2c[nH]c(=O)c(Br)c2n1. The van der Waals surface area contributed by atoms with Gasteiger partial charge in [-0.3, -0.25) is 9.78 Å². The predicted molar refractivity (Wildman–Crippen MR) is 64.5 cm³/mol. The minimum atomic E-state index is -0.195. The van der Waals surface area contributed by atoms with Crippen LogP contribution in [0, 0.1) is 0 Å². The largest absolute Gasteiger partial charge is 0.327 e. The monoisotopic (exact) mass is 286 g/mol. The van der Waals surface area contributed by atoms with Crippen molar-refractivity contribution in [1.82, 2.24) is 9.97 Å². The molecule has 0 bridgehead atoms. The molecule has 5 heteroatoms. The summed E-state index contributed by atoms with van der Waals surface area (Å²) in [6.07, 6.45) is 2.37. The van der Waals surface area contributed by atoms with Crippen LogP contribution in [0.3, 0.4) is 0 Å². The highest BCUT2D eigenvalue weighted by molar-refractivity contribution is 9.10. The molecular formula is C10H8BrClN2O. The number of rotatable bonds is 1. The molecule has 0 aliphatic heterocycles. The van der Waals surface area contributed by atoms with Gasteiger partial charge < -0.3 is 4.98 Å². The maximum atomic E-state index is 11.4. The molecule has 0 atom stereocenters. The summed E-state index contributed by atoms with van der Waals surface area (Å²) >= 11 is 9.30. The van der Waals surface area contributed by atoms with Crippen molar-refractivity contribution in [2.45, 2.75) is 13.3 Å². The molecule has 2 rings (SSSR count). The quantitative estimate of drug-likeness (QED) is 0.876. The van der Waals surface area contributed by atoms with Crippen LogP contribution in [0.15, 0.2) is 21.5 Å². The molecule has 2 heterocycles. The van der Waals surface area contributed by atoms with Crippen molar-refractivity contribution >= 4 is 38.4 Å². The molecule has 0 aliphatic carbocycles. The van der Waals surface area contributed by atoms with Crippen LogP contribution in [0.25, 0.3) is 10.9 Å². The number of aromatic amines is 1. The third kappa shape index (κ3) is 1.79. The van der Waals surface area contributed by atoms with Gasteiger partial charge in [0.05, 0.1) is 10.5 Å². The van der Waals surface area contributed by atoms with E-state index in [-0.39, 0.29) is 5.56 Å². The lowest BCUT2D eigenvalue weighted by molar-refractivity contribution is 1.05. The fourth-order valence-electron chi connectivity index (χ4n) is 1.37. The smallest absolute Gasteiger partial charge is 0.264 e. The van der Waals surface area contributed by atoms with Crippen LogP contribution in [0.4, 0.5) is 0 Å². The van der Waals surface area contributed by atoms with Crippen LogP contribution in [0.2, 0.25) is 5.02 Å². The highest BCUT2D eigenvalue weighted by atomic mass is 79.9. The number of aryl methyl sites for hydroxylation is 1. The highest BCUT2D eigenvalue weighted by Crippen LogP contribution is 2.25. The zero-order valence-corrected chi connectivity index (χ0v) is 10.3. The molecule has 0 saturated carbocycles. The second-order valence-corrected chi connectivity index (χ2v) is 4.34. The molecular weight excluding hydrogens is 279 g/mol. The molecule has 0 saturated heterocycles.